The van der Waals surface area contributed by atoms with Crippen molar-refractivity contribution in [3.8, 4) is 0 Å². The van der Waals surface area contributed by atoms with E-state index in [-0.39, 0.29) is 6.42 Å². The van der Waals surface area contributed by atoms with Crippen molar-refractivity contribution in [2.45, 2.75) is 31.3 Å². The van der Waals surface area contributed by atoms with Gasteiger partial charge in [-0.15, -0.1) is 0 Å². The van der Waals surface area contributed by atoms with Gasteiger partial charge in [-0.3, -0.25) is 9.00 Å². The molecule has 0 saturated heterocycles. The van der Waals surface area contributed by atoms with E-state index in [1.165, 1.54) is 12.1 Å². The van der Waals surface area contributed by atoms with E-state index in [1.807, 2.05) is 13.8 Å². The maximum absolute atomic E-state index is 13.8. The van der Waals surface area contributed by atoms with Crippen LogP contribution in [0.25, 0.3) is 10.8 Å². The van der Waals surface area contributed by atoms with E-state index in [0.717, 1.165) is 5.56 Å². The lowest BCUT2D eigenvalue weighted by molar-refractivity contribution is -0.136. The summed E-state index contributed by atoms with van der Waals surface area (Å²) in [6.07, 6.45) is -1.26. The Balaban J connectivity index is 2.14. The molecule has 3 aromatic rings. The van der Waals surface area contributed by atoms with Gasteiger partial charge in [0.1, 0.15) is 11.9 Å². The standard InChI is InChI=1S/C22H21FO4S/c1-3-28(27)17-6-7-18(13(2)8-17)22(26)20-10-14(11-21(24)25)9-15-4-5-16(23)12-19(15)20/h4-10,12,22,26H,3,11H2,1-2H3,(H,24,25). The predicted octanol–water partition coefficient (Wildman–Crippen LogP) is 4.12. The van der Waals surface area contributed by atoms with Crippen LogP contribution in [0.2, 0.25) is 0 Å². The van der Waals surface area contributed by atoms with E-state index in [1.54, 1.807) is 36.4 Å². The molecule has 3 rings (SSSR count). The summed E-state index contributed by atoms with van der Waals surface area (Å²) in [6, 6.07) is 12.7. The first kappa shape index (κ1) is 20.2. The minimum atomic E-state index is -1.10. The molecule has 2 atom stereocenters. The topological polar surface area (TPSA) is 74.6 Å². The van der Waals surface area contributed by atoms with Crippen molar-refractivity contribution < 1.29 is 23.6 Å². The number of hydrogen-bond donors (Lipinski definition) is 2. The average Bonchev–Trinajstić information content (AvgIpc) is 2.66. The summed E-state index contributed by atoms with van der Waals surface area (Å²) in [5.74, 6) is -0.913. The van der Waals surface area contributed by atoms with Crippen molar-refractivity contribution in [3.05, 3.63) is 76.6 Å². The highest BCUT2D eigenvalue weighted by Gasteiger charge is 2.19. The number of hydrogen-bond acceptors (Lipinski definition) is 3. The minimum Gasteiger partial charge on any atom is -0.481 e. The molecule has 0 aliphatic carbocycles. The zero-order chi connectivity index (χ0) is 20.4. The van der Waals surface area contributed by atoms with Gasteiger partial charge in [0.2, 0.25) is 0 Å². The molecule has 0 aliphatic rings. The Labute approximate surface area is 165 Å². The molecule has 28 heavy (non-hydrogen) atoms. The highest BCUT2D eigenvalue weighted by molar-refractivity contribution is 7.85. The van der Waals surface area contributed by atoms with Crippen LogP contribution in [-0.4, -0.2) is 26.1 Å². The van der Waals surface area contributed by atoms with Crippen molar-refractivity contribution in [3.63, 3.8) is 0 Å². The van der Waals surface area contributed by atoms with Crippen molar-refractivity contribution in [1.29, 1.82) is 0 Å². The van der Waals surface area contributed by atoms with Gasteiger partial charge in [0.05, 0.1) is 17.2 Å². The molecule has 4 nitrogen and oxygen atoms in total. The van der Waals surface area contributed by atoms with Crippen LogP contribution in [0.3, 0.4) is 0 Å². The van der Waals surface area contributed by atoms with Crippen LogP contribution in [0.1, 0.15) is 35.3 Å². The first-order valence-electron chi connectivity index (χ1n) is 8.91. The number of rotatable bonds is 6. The molecule has 0 fully saturated rings. The largest absolute Gasteiger partial charge is 0.481 e. The lowest BCUT2D eigenvalue weighted by Crippen LogP contribution is -2.07. The van der Waals surface area contributed by atoms with Gasteiger partial charge in [-0.2, -0.15) is 0 Å². The van der Waals surface area contributed by atoms with Crippen molar-refractivity contribution in [2.75, 3.05) is 5.75 Å². The Kier molecular flexibility index (Phi) is 5.91. The monoisotopic (exact) mass is 400 g/mol. The van der Waals surface area contributed by atoms with Crippen molar-refractivity contribution >= 4 is 27.5 Å². The number of fused-ring (bicyclic) bond motifs is 1. The molecule has 6 heteroatoms. The first-order valence-corrected chi connectivity index (χ1v) is 10.2. The van der Waals surface area contributed by atoms with E-state index in [0.29, 0.717) is 38.1 Å². The van der Waals surface area contributed by atoms with Gasteiger partial charge in [-0.05, 0) is 64.2 Å². The van der Waals surface area contributed by atoms with E-state index in [2.05, 4.69) is 0 Å². The van der Waals surface area contributed by atoms with Gasteiger partial charge in [0, 0.05) is 10.6 Å². The van der Waals surface area contributed by atoms with Crippen LogP contribution in [0.5, 0.6) is 0 Å². The lowest BCUT2D eigenvalue weighted by Gasteiger charge is -2.18. The molecule has 0 amide bonds. The molecule has 0 radical (unpaired) electrons. The summed E-state index contributed by atoms with van der Waals surface area (Å²) in [6.45, 7) is 3.65. The van der Waals surface area contributed by atoms with Gasteiger partial charge in [-0.1, -0.05) is 31.2 Å². The van der Waals surface area contributed by atoms with E-state index >= 15 is 0 Å². The maximum atomic E-state index is 13.8. The van der Waals surface area contributed by atoms with Crippen LogP contribution < -0.4 is 0 Å². The number of carbonyl (C=O) groups is 1. The number of aryl methyl sites for hydroxylation is 1. The van der Waals surface area contributed by atoms with E-state index < -0.39 is 28.7 Å². The SMILES string of the molecule is CCS(=O)c1ccc(C(O)c2cc(CC(=O)O)cc3ccc(F)cc23)c(C)c1. The number of benzene rings is 3. The van der Waals surface area contributed by atoms with Crippen LogP contribution in [-0.2, 0) is 22.0 Å². The van der Waals surface area contributed by atoms with Crippen LogP contribution in [0.15, 0.2) is 53.4 Å². The van der Waals surface area contributed by atoms with Crippen molar-refractivity contribution in [1.82, 2.24) is 0 Å². The molecule has 3 aromatic carbocycles. The van der Waals surface area contributed by atoms with Gasteiger partial charge in [0.15, 0.2) is 0 Å². The number of halogens is 1. The fourth-order valence-electron chi connectivity index (χ4n) is 3.36. The Morgan fingerprint density at radius 3 is 2.50 bits per heavy atom. The van der Waals surface area contributed by atoms with E-state index in [4.69, 9.17) is 5.11 Å². The second-order valence-electron chi connectivity index (χ2n) is 6.68. The predicted molar refractivity (Wildman–Crippen MR) is 107 cm³/mol. The summed E-state index contributed by atoms with van der Waals surface area (Å²) in [4.78, 5) is 11.8. The molecule has 0 bridgehead atoms. The summed E-state index contributed by atoms with van der Waals surface area (Å²) in [5, 5.41) is 21.4. The smallest absolute Gasteiger partial charge is 0.307 e. The Bertz CT molecular complexity index is 1080. The molecule has 0 spiro atoms. The fourth-order valence-corrected chi connectivity index (χ4v) is 4.22. The van der Waals surface area contributed by atoms with Crippen molar-refractivity contribution in [2.24, 2.45) is 0 Å². The third kappa shape index (κ3) is 4.13. The summed E-state index contributed by atoms with van der Waals surface area (Å²) in [5.41, 5.74) is 2.35. The molecular weight excluding hydrogens is 379 g/mol. The first-order chi connectivity index (χ1) is 13.3. The third-order valence-corrected chi connectivity index (χ3v) is 6.02. The number of carboxylic acid groups (broad SMARTS) is 1. The maximum Gasteiger partial charge on any atom is 0.307 e. The molecule has 0 saturated carbocycles. The summed E-state index contributed by atoms with van der Waals surface area (Å²) >= 11 is 0. The molecule has 2 unspecified atom stereocenters. The average molecular weight is 400 g/mol. The summed E-state index contributed by atoms with van der Waals surface area (Å²) < 4.78 is 25.9. The zero-order valence-electron chi connectivity index (χ0n) is 15.6. The quantitative estimate of drug-likeness (QED) is 0.653. The second kappa shape index (κ2) is 8.20. The van der Waals surface area contributed by atoms with E-state index in [9.17, 15) is 18.5 Å². The fraction of sp³-hybridized carbons (Fsp3) is 0.227. The Morgan fingerprint density at radius 1 is 1.11 bits per heavy atom. The van der Waals surface area contributed by atoms with Gasteiger partial charge in [-0.25, -0.2) is 4.39 Å². The number of carboxylic acids is 1. The van der Waals surface area contributed by atoms with Crippen LogP contribution >= 0.6 is 0 Å². The van der Waals surface area contributed by atoms with Gasteiger partial charge < -0.3 is 10.2 Å². The zero-order valence-corrected chi connectivity index (χ0v) is 16.4. The lowest BCUT2D eigenvalue weighted by atomic mass is 9.91. The molecule has 146 valence electrons. The highest BCUT2D eigenvalue weighted by Crippen LogP contribution is 2.33. The molecular formula is C22H21FO4S. The third-order valence-electron chi connectivity index (χ3n) is 4.72. The molecule has 0 aromatic heterocycles. The Hall–Kier alpha value is -2.57. The number of aliphatic carboxylic acids is 1. The molecule has 0 aliphatic heterocycles. The van der Waals surface area contributed by atoms with Gasteiger partial charge in [0.25, 0.3) is 0 Å². The van der Waals surface area contributed by atoms with Crippen LogP contribution in [0.4, 0.5) is 4.39 Å². The number of aliphatic hydroxyl groups is 1. The molecule has 2 N–H and O–H groups in total. The highest BCUT2D eigenvalue weighted by atomic mass is 32.2. The molecule has 0 heterocycles. The Morgan fingerprint density at radius 2 is 1.86 bits per heavy atom. The minimum absolute atomic E-state index is 0.194. The van der Waals surface area contributed by atoms with Crippen LogP contribution in [0, 0.1) is 12.7 Å². The van der Waals surface area contributed by atoms with Gasteiger partial charge >= 0.3 is 5.97 Å². The number of aliphatic hydroxyl groups excluding tert-OH is 1. The normalized spacial score (nSPS) is 13.4. The summed E-state index contributed by atoms with van der Waals surface area (Å²) in [7, 11) is -1.10. The second-order valence-corrected chi connectivity index (χ2v) is 8.42.